The van der Waals surface area contributed by atoms with Gasteiger partial charge >= 0.3 is 0 Å². The normalized spacial score (nSPS) is 12.7. The molecule has 144 valence electrons. The number of hydrogen-bond acceptors (Lipinski definition) is 4. The van der Waals surface area contributed by atoms with Gasteiger partial charge in [0.2, 0.25) is 5.88 Å². The minimum absolute atomic E-state index is 0.0198. The van der Waals surface area contributed by atoms with Gasteiger partial charge in [-0.2, -0.15) is 0 Å². The first-order chi connectivity index (χ1) is 12.9. The molecule has 3 heterocycles. The first-order valence-corrected chi connectivity index (χ1v) is 9.62. The van der Waals surface area contributed by atoms with Crippen molar-refractivity contribution in [2.45, 2.75) is 46.1 Å². The number of methoxy groups -OCH3 is 1. The Morgan fingerprint density at radius 2 is 2.00 bits per heavy atom. The Hall–Kier alpha value is -2.11. The number of fused-ring (bicyclic) bond motifs is 1. The highest BCUT2D eigenvalue weighted by molar-refractivity contribution is 6.35. The predicted molar refractivity (Wildman–Crippen MR) is 110 cm³/mol. The second kappa shape index (κ2) is 7.87. The van der Waals surface area contributed by atoms with Crippen LogP contribution in [0.3, 0.4) is 0 Å². The third-order valence-corrected chi connectivity index (χ3v) is 5.22. The zero-order valence-electron chi connectivity index (χ0n) is 16.5. The smallest absolute Gasteiger partial charge is 0.222 e. The number of ether oxygens (including phenoxy) is 1. The molecule has 3 aromatic heterocycles. The fourth-order valence-corrected chi connectivity index (χ4v) is 3.57. The van der Waals surface area contributed by atoms with Crippen LogP contribution in [0.4, 0.5) is 0 Å². The van der Waals surface area contributed by atoms with Gasteiger partial charge in [0.15, 0.2) is 0 Å². The molecule has 27 heavy (non-hydrogen) atoms. The van der Waals surface area contributed by atoms with E-state index in [2.05, 4.69) is 24.9 Å². The molecule has 1 atom stereocenters. The third-order valence-electron chi connectivity index (χ3n) is 4.95. The minimum atomic E-state index is -0.0198. The van der Waals surface area contributed by atoms with Crippen LogP contribution in [0.15, 0.2) is 24.4 Å². The van der Waals surface area contributed by atoms with Crippen molar-refractivity contribution in [1.82, 2.24) is 14.5 Å². The van der Waals surface area contributed by atoms with E-state index in [0.29, 0.717) is 16.8 Å². The molecule has 0 aliphatic carbocycles. The van der Waals surface area contributed by atoms with Gasteiger partial charge in [0, 0.05) is 11.9 Å². The predicted octanol–water partition coefficient (Wildman–Crippen LogP) is 5.14. The van der Waals surface area contributed by atoms with Gasteiger partial charge in [0.25, 0.3) is 0 Å². The highest BCUT2D eigenvalue weighted by Crippen LogP contribution is 2.35. The van der Waals surface area contributed by atoms with Crippen molar-refractivity contribution in [3.63, 3.8) is 0 Å². The molecule has 0 saturated carbocycles. The molecule has 0 fully saturated rings. The number of rotatable bonds is 6. The number of aliphatic hydroxyl groups excluding tert-OH is 1. The molecule has 3 rings (SSSR count). The van der Waals surface area contributed by atoms with Gasteiger partial charge in [-0.15, -0.1) is 0 Å². The fourth-order valence-electron chi connectivity index (χ4n) is 3.33. The van der Waals surface area contributed by atoms with E-state index in [1.54, 1.807) is 7.11 Å². The van der Waals surface area contributed by atoms with Crippen LogP contribution in [0.2, 0.25) is 5.02 Å². The lowest BCUT2D eigenvalue weighted by Gasteiger charge is -2.16. The molecule has 0 bridgehead atoms. The maximum atomic E-state index is 9.68. The summed E-state index contributed by atoms with van der Waals surface area (Å²) in [5.41, 5.74) is 5.28. The lowest BCUT2D eigenvalue weighted by Crippen LogP contribution is -2.11. The SMILES string of the molecule is CC[C@H](CO)n1cc(Cl)c2nc(-c3ccc(C(C)C)nc3OC)c(C)cc21. The Kier molecular flexibility index (Phi) is 5.72. The summed E-state index contributed by atoms with van der Waals surface area (Å²) in [7, 11) is 1.63. The summed E-state index contributed by atoms with van der Waals surface area (Å²) in [5, 5.41) is 10.3. The zero-order valence-corrected chi connectivity index (χ0v) is 17.2. The van der Waals surface area contributed by atoms with E-state index >= 15 is 0 Å². The third kappa shape index (κ3) is 3.54. The Morgan fingerprint density at radius 3 is 2.59 bits per heavy atom. The van der Waals surface area contributed by atoms with E-state index < -0.39 is 0 Å². The van der Waals surface area contributed by atoms with E-state index in [0.717, 1.165) is 40.0 Å². The Balaban J connectivity index is 2.20. The molecule has 0 radical (unpaired) electrons. The lowest BCUT2D eigenvalue weighted by atomic mass is 10.0. The topological polar surface area (TPSA) is 60.2 Å². The molecule has 0 saturated heterocycles. The van der Waals surface area contributed by atoms with Crippen molar-refractivity contribution >= 4 is 22.6 Å². The van der Waals surface area contributed by atoms with Gasteiger partial charge in [-0.3, -0.25) is 0 Å². The summed E-state index contributed by atoms with van der Waals surface area (Å²) < 4.78 is 7.56. The number of halogens is 1. The van der Waals surface area contributed by atoms with Crippen LogP contribution in [0.25, 0.3) is 22.3 Å². The summed E-state index contributed by atoms with van der Waals surface area (Å²) >= 11 is 6.48. The maximum absolute atomic E-state index is 9.68. The quantitative estimate of drug-likeness (QED) is 0.636. The molecule has 0 aliphatic heterocycles. The Morgan fingerprint density at radius 1 is 1.26 bits per heavy atom. The van der Waals surface area contributed by atoms with Crippen LogP contribution in [0, 0.1) is 6.92 Å². The van der Waals surface area contributed by atoms with E-state index in [-0.39, 0.29) is 12.6 Å². The standard InChI is InChI=1S/C21H26ClN3O2/c1-6-14(11-26)25-10-16(22)20-18(25)9-13(4)19(24-20)15-7-8-17(12(2)3)23-21(15)27-5/h7-10,12,14,26H,6,11H2,1-5H3/t14-/m1/s1. The number of pyridine rings is 2. The molecule has 0 unspecified atom stereocenters. The largest absolute Gasteiger partial charge is 0.480 e. The molecule has 0 amide bonds. The summed E-state index contributed by atoms with van der Waals surface area (Å²) in [6, 6.07) is 6.07. The first-order valence-electron chi connectivity index (χ1n) is 9.25. The van der Waals surface area contributed by atoms with Gasteiger partial charge in [0.05, 0.1) is 41.6 Å². The van der Waals surface area contributed by atoms with Crippen molar-refractivity contribution in [3.05, 3.63) is 40.7 Å². The monoisotopic (exact) mass is 387 g/mol. The number of nitrogens with zero attached hydrogens (tertiary/aromatic N) is 3. The van der Waals surface area contributed by atoms with Gasteiger partial charge in [-0.1, -0.05) is 32.4 Å². The molecule has 1 N–H and O–H groups in total. The van der Waals surface area contributed by atoms with Crippen molar-refractivity contribution in [2.24, 2.45) is 0 Å². The maximum Gasteiger partial charge on any atom is 0.222 e. The minimum Gasteiger partial charge on any atom is -0.480 e. The van der Waals surface area contributed by atoms with Crippen LogP contribution < -0.4 is 4.74 Å². The summed E-state index contributed by atoms with van der Waals surface area (Å²) in [6.07, 6.45) is 2.66. The van der Waals surface area contributed by atoms with Crippen LogP contribution in [-0.4, -0.2) is 33.4 Å². The number of aromatic nitrogens is 3. The van der Waals surface area contributed by atoms with E-state index in [1.807, 2.05) is 36.7 Å². The van der Waals surface area contributed by atoms with Crippen LogP contribution in [0.1, 0.15) is 50.4 Å². The molecule has 0 aliphatic rings. The van der Waals surface area contributed by atoms with Crippen molar-refractivity contribution in [2.75, 3.05) is 13.7 Å². The van der Waals surface area contributed by atoms with Crippen molar-refractivity contribution in [1.29, 1.82) is 0 Å². The van der Waals surface area contributed by atoms with Crippen molar-refractivity contribution < 1.29 is 9.84 Å². The van der Waals surface area contributed by atoms with Gasteiger partial charge in [-0.05, 0) is 43.0 Å². The average molecular weight is 388 g/mol. The zero-order chi connectivity index (χ0) is 19.7. The molecular weight excluding hydrogens is 362 g/mol. The number of aliphatic hydroxyl groups is 1. The summed E-state index contributed by atoms with van der Waals surface area (Å²) in [4.78, 5) is 9.48. The van der Waals surface area contributed by atoms with E-state index in [9.17, 15) is 5.11 Å². The average Bonchev–Trinajstić information content (AvgIpc) is 2.97. The second-order valence-electron chi connectivity index (χ2n) is 7.10. The second-order valence-corrected chi connectivity index (χ2v) is 7.51. The van der Waals surface area contributed by atoms with Gasteiger partial charge in [-0.25, -0.2) is 9.97 Å². The van der Waals surface area contributed by atoms with Crippen LogP contribution in [-0.2, 0) is 0 Å². The molecule has 6 heteroatoms. The fraction of sp³-hybridized carbons (Fsp3) is 0.429. The van der Waals surface area contributed by atoms with Crippen LogP contribution in [0.5, 0.6) is 5.88 Å². The molecule has 0 aromatic carbocycles. The molecule has 5 nitrogen and oxygen atoms in total. The summed E-state index contributed by atoms with van der Waals surface area (Å²) in [6.45, 7) is 8.33. The van der Waals surface area contributed by atoms with E-state index in [4.69, 9.17) is 21.3 Å². The Bertz CT molecular complexity index is 962. The number of aryl methyl sites for hydroxylation is 1. The highest BCUT2D eigenvalue weighted by atomic mass is 35.5. The number of hydrogen-bond donors (Lipinski definition) is 1. The molecular formula is C21H26ClN3O2. The van der Waals surface area contributed by atoms with E-state index in [1.165, 1.54) is 0 Å². The van der Waals surface area contributed by atoms with Crippen LogP contribution >= 0.6 is 11.6 Å². The molecule has 0 spiro atoms. The first kappa shape index (κ1) is 19.6. The lowest BCUT2D eigenvalue weighted by molar-refractivity contribution is 0.227. The Labute approximate surface area is 165 Å². The van der Waals surface area contributed by atoms with Gasteiger partial charge in [0.1, 0.15) is 5.52 Å². The highest BCUT2D eigenvalue weighted by Gasteiger charge is 2.19. The van der Waals surface area contributed by atoms with Crippen molar-refractivity contribution in [3.8, 4) is 17.1 Å². The van der Waals surface area contributed by atoms with Gasteiger partial charge < -0.3 is 14.4 Å². The molecule has 3 aromatic rings. The summed E-state index contributed by atoms with van der Waals surface area (Å²) in [5.74, 6) is 0.880.